The first-order chi connectivity index (χ1) is 8.56. The molecule has 0 atom stereocenters. The molecule has 0 aliphatic heterocycles. The zero-order chi connectivity index (χ0) is 13.1. The molecule has 2 aromatic carbocycles. The monoisotopic (exact) mass is 325 g/mol. The van der Waals surface area contributed by atoms with Crippen LogP contribution in [0.15, 0.2) is 46.6 Å². The molecule has 2 aromatic rings. The zero-order valence-electron chi connectivity index (χ0n) is 9.30. The fourth-order valence-electron chi connectivity index (χ4n) is 1.26. The van der Waals surface area contributed by atoms with E-state index < -0.39 is 5.75 Å². The van der Waals surface area contributed by atoms with E-state index >= 15 is 0 Å². The molecule has 0 saturated carbocycles. The van der Waals surface area contributed by atoms with Gasteiger partial charge in [0, 0.05) is 5.02 Å². The molecule has 0 aliphatic rings. The first-order valence-corrected chi connectivity index (χ1v) is 5.32. The van der Waals surface area contributed by atoms with Gasteiger partial charge >= 0.3 is 17.1 Å². The van der Waals surface area contributed by atoms with E-state index in [0.717, 1.165) is 6.07 Å². The largest absolute Gasteiger partial charge is 2.00 e. The predicted molar refractivity (Wildman–Crippen MR) is 62.6 cm³/mol. The third-order valence-electron chi connectivity index (χ3n) is 2.13. The van der Waals surface area contributed by atoms with Gasteiger partial charge in [0.15, 0.2) is 0 Å². The van der Waals surface area contributed by atoms with Crippen LogP contribution in [0, 0.1) is 0 Å². The molecule has 0 bridgehead atoms. The SMILES string of the molecule is [Cu+2].[O-]c1cc(O)ccc1N=Nc1cc(Cl)ccc1[O-]. The summed E-state index contributed by atoms with van der Waals surface area (Å²) in [4.78, 5) is 0. The summed E-state index contributed by atoms with van der Waals surface area (Å²) in [6, 6.07) is 7.72. The Hall–Kier alpha value is -1.75. The quantitative estimate of drug-likeness (QED) is 0.679. The average Bonchev–Trinajstić information content (AvgIpc) is 2.32. The molecule has 7 heteroatoms. The van der Waals surface area contributed by atoms with E-state index in [1.54, 1.807) is 0 Å². The first kappa shape index (κ1) is 15.3. The molecule has 5 nitrogen and oxygen atoms in total. The Morgan fingerprint density at radius 1 is 0.895 bits per heavy atom. The van der Waals surface area contributed by atoms with Crippen molar-refractivity contribution in [3.8, 4) is 17.2 Å². The maximum absolute atomic E-state index is 11.4. The molecule has 0 spiro atoms. The Bertz CT molecular complexity index is 620. The van der Waals surface area contributed by atoms with Gasteiger partial charge in [-0.3, -0.25) is 0 Å². The molecule has 19 heavy (non-hydrogen) atoms. The third-order valence-corrected chi connectivity index (χ3v) is 2.36. The van der Waals surface area contributed by atoms with Crippen molar-refractivity contribution >= 4 is 23.0 Å². The summed E-state index contributed by atoms with van der Waals surface area (Å²) < 4.78 is 0. The fraction of sp³-hybridized carbons (Fsp3) is 0. The van der Waals surface area contributed by atoms with Crippen molar-refractivity contribution in [2.75, 3.05) is 0 Å². The van der Waals surface area contributed by atoms with Gasteiger partial charge in [-0.1, -0.05) is 29.2 Å². The topological polar surface area (TPSA) is 91.1 Å². The Balaban J connectivity index is 0.00000180. The molecule has 1 radical (unpaired) electrons. The van der Waals surface area contributed by atoms with Gasteiger partial charge in [-0.15, -0.1) is 0 Å². The number of phenols is 1. The second-order valence-electron chi connectivity index (χ2n) is 3.46. The Labute approximate surface area is 124 Å². The van der Waals surface area contributed by atoms with Gasteiger partial charge in [-0.25, -0.2) is 0 Å². The van der Waals surface area contributed by atoms with Crippen LogP contribution < -0.4 is 10.2 Å². The molecular weight excluding hydrogens is 319 g/mol. The van der Waals surface area contributed by atoms with Crippen molar-refractivity contribution in [2.24, 2.45) is 10.2 Å². The minimum Gasteiger partial charge on any atom is -0.871 e. The summed E-state index contributed by atoms with van der Waals surface area (Å²) in [5.41, 5.74) is 0.0853. The van der Waals surface area contributed by atoms with Crippen LogP contribution in [0.2, 0.25) is 5.02 Å². The molecular formula is C12H7ClCuN2O3. The summed E-state index contributed by atoms with van der Waals surface area (Å²) in [7, 11) is 0. The van der Waals surface area contributed by atoms with Crippen LogP contribution in [0.3, 0.4) is 0 Å². The van der Waals surface area contributed by atoms with Gasteiger partial charge in [-0.05, 0) is 30.3 Å². The van der Waals surface area contributed by atoms with Crippen molar-refractivity contribution in [2.45, 2.75) is 0 Å². The van der Waals surface area contributed by atoms with Crippen molar-refractivity contribution < 1.29 is 32.4 Å². The summed E-state index contributed by atoms with van der Waals surface area (Å²) in [6.07, 6.45) is 0. The smallest absolute Gasteiger partial charge is 0.871 e. The number of benzene rings is 2. The van der Waals surface area contributed by atoms with Gasteiger partial charge in [0.2, 0.25) is 0 Å². The van der Waals surface area contributed by atoms with Crippen LogP contribution >= 0.6 is 11.6 Å². The van der Waals surface area contributed by atoms with E-state index in [2.05, 4.69) is 10.2 Å². The minimum atomic E-state index is -0.478. The van der Waals surface area contributed by atoms with Crippen LogP contribution in [0.1, 0.15) is 0 Å². The molecule has 0 amide bonds. The van der Waals surface area contributed by atoms with E-state index in [1.165, 1.54) is 30.3 Å². The number of phenolic OH excluding ortho intramolecular Hbond substituents is 1. The molecule has 0 saturated heterocycles. The van der Waals surface area contributed by atoms with Gasteiger partial charge in [0.05, 0.1) is 11.4 Å². The fourth-order valence-corrected chi connectivity index (χ4v) is 1.43. The molecule has 101 valence electrons. The summed E-state index contributed by atoms with van der Waals surface area (Å²) >= 11 is 5.72. The maximum atomic E-state index is 11.4. The maximum Gasteiger partial charge on any atom is 2.00 e. The molecule has 1 N–H and O–H groups in total. The predicted octanol–water partition coefficient (Wildman–Crippen LogP) is 2.61. The molecule has 0 aliphatic carbocycles. The molecule has 0 heterocycles. The Kier molecular flexibility index (Phi) is 5.18. The second kappa shape index (κ2) is 6.43. The number of azo groups is 1. The van der Waals surface area contributed by atoms with Crippen LogP contribution in [-0.2, 0) is 17.1 Å². The zero-order valence-corrected chi connectivity index (χ0v) is 11.0. The van der Waals surface area contributed by atoms with E-state index in [4.69, 9.17) is 16.7 Å². The number of hydrogen-bond acceptors (Lipinski definition) is 5. The summed E-state index contributed by atoms with van der Waals surface area (Å²) in [5.74, 6) is -0.964. The van der Waals surface area contributed by atoms with Crippen LogP contribution in [0.4, 0.5) is 11.4 Å². The first-order valence-electron chi connectivity index (χ1n) is 4.94. The van der Waals surface area contributed by atoms with Crippen LogP contribution in [0.5, 0.6) is 17.2 Å². The van der Waals surface area contributed by atoms with Gasteiger partial charge in [0.25, 0.3) is 0 Å². The van der Waals surface area contributed by atoms with Crippen molar-refractivity contribution in [1.82, 2.24) is 0 Å². The summed E-state index contributed by atoms with van der Waals surface area (Å²) in [5, 5.41) is 39.6. The third kappa shape index (κ3) is 3.86. The minimum absolute atomic E-state index is 0. The summed E-state index contributed by atoms with van der Waals surface area (Å²) in [6.45, 7) is 0. The van der Waals surface area contributed by atoms with E-state index in [0.29, 0.717) is 5.02 Å². The molecule has 0 aromatic heterocycles. The van der Waals surface area contributed by atoms with Crippen LogP contribution in [-0.4, -0.2) is 5.11 Å². The number of aromatic hydroxyl groups is 1. The van der Waals surface area contributed by atoms with Crippen molar-refractivity contribution in [1.29, 1.82) is 0 Å². The van der Waals surface area contributed by atoms with Crippen molar-refractivity contribution in [3.05, 3.63) is 41.4 Å². The van der Waals surface area contributed by atoms with Crippen molar-refractivity contribution in [3.63, 3.8) is 0 Å². The number of halogens is 1. The van der Waals surface area contributed by atoms with Crippen LogP contribution in [0.25, 0.3) is 0 Å². The molecule has 0 fully saturated rings. The Morgan fingerprint density at radius 2 is 1.58 bits per heavy atom. The number of hydrogen-bond donors (Lipinski definition) is 1. The molecule has 2 rings (SSSR count). The van der Waals surface area contributed by atoms with E-state index in [9.17, 15) is 10.2 Å². The number of rotatable bonds is 2. The standard InChI is InChI=1S/C12H9ClN2O3.Cu/c13-7-1-4-11(17)10(5-7)15-14-9-3-2-8(16)6-12(9)18;/h1-6,16-18H;/q;+2/p-2. The second-order valence-corrected chi connectivity index (χ2v) is 3.90. The van der Waals surface area contributed by atoms with Gasteiger partial charge in [-0.2, -0.15) is 10.2 Å². The average molecular weight is 326 g/mol. The van der Waals surface area contributed by atoms with Gasteiger partial charge in [0.1, 0.15) is 5.75 Å². The number of nitrogens with zero attached hydrogens (tertiary/aromatic N) is 2. The van der Waals surface area contributed by atoms with Gasteiger partial charge < -0.3 is 15.3 Å². The van der Waals surface area contributed by atoms with E-state index in [-0.39, 0.29) is 39.9 Å². The normalized spacial score (nSPS) is 10.4. The Morgan fingerprint density at radius 3 is 2.26 bits per heavy atom. The van der Waals surface area contributed by atoms with E-state index in [1.807, 2.05) is 0 Å². The molecule has 0 unspecified atom stereocenters.